The van der Waals surface area contributed by atoms with Gasteiger partial charge in [0.05, 0.1) is 23.9 Å². The number of carbonyl (C=O) groups excluding carboxylic acids is 1. The van der Waals surface area contributed by atoms with E-state index >= 15 is 0 Å². The van der Waals surface area contributed by atoms with Gasteiger partial charge in [-0.2, -0.15) is 18.3 Å². The molecule has 0 unspecified atom stereocenters. The van der Waals surface area contributed by atoms with Crippen LogP contribution in [-0.2, 0) is 17.4 Å². The summed E-state index contributed by atoms with van der Waals surface area (Å²) in [7, 11) is 0. The summed E-state index contributed by atoms with van der Waals surface area (Å²) in [5.74, 6) is -0.352. The molecule has 186 valence electrons. The van der Waals surface area contributed by atoms with Gasteiger partial charge in [-0.05, 0) is 56.7 Å². The highest BCUT2D eigenvalue weighted by Gasteiger charge is 2.30. The van der Waals surface area contributed by atoms with Crippen LogP contribution in [0.25, 0.3) is 5.69 Å². The van der Waals surface area contributed by atoms with Crippen molar-refractivity contribution in [2.45, 2.75) is 33.4 Å². The monoisotopic (exact) mass is 511 g/mol. The van der Waals surface area contributed by atoms with Crippen molar-refractivity contribution in [3.05, 3.63) is 93.7 Å². The number of nitrogens with zero attached hydrogens (tertiary/aromatic N) is 3. The summed E-state index contributed by atoms with van der Waals surface area (Å²) in [6, 6.07) is 15.0. The van der Waals surface area contributed by atoms with Crippen LogP contribution in [0.3, 0.4) is 0 Å². The number of carbonyl (C=O) groups is 1. The predicted molar refractivity (Wildman–Crippen MR) is 136 cm³/mol. The van der Waals surface area contributed by atoms with Crippen LogP contribution in [0.5, 0.6) is 0 Å². The summed E-state index contributed by atoms with van der Waals surface area (Å²) in [4.78, 5) is 16.6. The molecule has 0 saturated carbocycles. The fraction of sp³-hybridized carbons (Fsp3) is 0.192. The Morgan fingerprint density at radius 2 is 1.89 bits per heavy atom. The lowest BCUT2D eigenvalue weighted by Crippen LogP contribution is -2.20. The number of hydrazone groups is 1. The number of alkyl halides is 3. The van der Waals surface area contributed by atoms with E-state index < -0.39 is 11.7 Å². The number of rotatable bonds is 7. The minimum atomic E-state index is -4.43. The average molecular weight is 512 g/mol. The number of aromatic nitrogens is 2. The Morgan fingerprint density at radius 1 is 1.11 bits per heavy atom. The van der Waals surface area contributed by atoms with E-state index in [1.54, 1.807) is 11.6 Å². The van der Waals surface area contributed by atoms with Crippen LogP contribution in [0.15, 0.2) is 65.1 Å². The Bertz CT molecular complexity index is 1420. The van der Waals surface area contributed by atoms with Gasteiger partial charge in [-0.15, -0.1) is 11.3 Å². The van der Waals surface area contributed by atoms with Gasteiger partial charge in [0.15, 0.2) is 5.13 Å². The number of hydrogen-bond acceptors (Lipinski definition) is 5. The van der Waals surface area contributed by atoms with Crippen molar-refractivity contribution in [3.63, 3.8) is 0 Å². The highest BCUT2D eigenvalue weighted by Crippen LogP contribution is 2.32. The molecule has 0 aliphatic rings. The normalized spacial score (nSPS) is 11.7. The minimum absolute atomic E-state index is 0.0135. The second-order valence-electron chi connectivity index (χ2n) is 8.27. The lowest BCUT2D eigenvalue weighted by atomic mass is 10.2. The molecular weight excluding hydrogens is 487 g/mol. The molecule has 0 atom stereocenters. The van der Waals surface area contributed by atoms with Gasteiger partial charge in [-0.1, -0.05) is 24.3 Å². The van der Waals surface area contributed by atoms with E-state index in [1.165, 1.54) is 23.5 Å². The second kappa shape index (κ2) is 10.4. The largest absolute Gasteiger partial charge is 0.416 e. The van der Waals surface area contributed by atoms with Crippen LogP contribution in [0.1, 0.15) is 33.8 Å². The first kappa shape index (κ1) is 25.2. The topological polar surface area (TPSA) is 71.3 Å². The molecule has 4 rings (SSSR count). The lowest BCUT2D eigenvalue weighted by Gasteiger charge is -2.12. The number of nitrogens with one attached hydrogen (secondary N) is 2. The van der Waals surface area contributed by atoms with E-state index in [1.807, 2.05) is 32.0 Å². The molecular formula is C26H24F3N5OS. The van der Waals surface area contributed by atoms with Crippen molar-refractivity contribution >= 4 is 34.3 Å². The summed E-state index contributed by atoms with van der Waals surface area (Å²) in [5.41, 5.74) is 7.70. The van der Waals surface area contributed by atoms with Crippen molar-refractivity contribution in [1.29, 1.82) is 0 Å². The highest BCUT2D eigenvalue weighted by molar-refractivity contribution is 7.13. The molecule has 10 heteroatoms. The predicted octanol–water partition coefficient (Wildman–Crippen LogP) is 6.31. The quantitative estimate of drug-likeness (QED) is 0.226. The third-order valence-electron chi connectivity index (χ3n) is 5.55. The Morgan fingerprint density at radius 3 is 2.64 bits per heavy atom. The van der Waals surface area contributed by atoms with Gasteiger partial charge in [0.2, 0.25) is 5.91 Å². The molecule has 36 heavy (non-hydrogen) atoms. The Labute approximate surface area is 210 Å². The zero-order valence-electron chi connectivity index (χ0n) is 19.8. The maximum absolute atomic E-state index is 12.9. The number of amides is 1. The first-order chi connectivity index (χ1) is 17.1. The fourth-order valence-corrected chi connectivity index (χ4v) is 4.55. The number of thiazole rings is 1. The Kier molecular flexibility index (Phi) is 7.25. The van der Waals surface area contributed by atoms with Crippen molar-refractivity contribution in [3.8, 4) is 5.69 Å². The van der Waals surface area contributed by atoms with Gasteiger partial charge < -0.3 is 9.88 Å². The molecule has 2 aromatic carbocycles. The van der Waals surface area contributed by atoms with Gasteiger partial charge in [-0.25, -0.2) is 10.4 Å². The molecule has 0 radical (unpaired) electrons. The average Bonchev–Trinajstić information content (AvgIpc) is 3.37. The van der Waals surface area contributed by atoms with Gasteiger partial charge in [-0.3, -0.25) is 4.79 Å². The SMILES string of the molecule is Cc1ccccc1-n1c(C)cc(/C=N\NC(=O)Cc2csc(Nc3cccc(C(F)(F)F)c3)n2)c1C. The van der Waals surface area contributed by atoms with Crippen molar-refractivity contribution < 1.29 is 18.0 Å². The van der Waals surface area contributed by atoms with Gasteiger partial charge in [0.1, 0.15) is 0 Å². The summed E-state index contributed by atoms with van der Waals surface area (Å²) < 4.78 is 40.9. The molecule has 0 bridgehead atoms. The molecule has 6 nitrogen and oxygen atoms in total. The van der Waals surface area contributed by atoms with Gasteiger partial charge >= 0.3 is 6.18 Å². The number of para-hydroxylation sites is 1. The van der Waals surface area contributed by atoms with E-state index in [4.69, 9.17) is 0 Å². The number of benzene rings is 2. The van der Waals surface area contributed by atoms with E-state index in [2.05, 4.69) is 44.5 Å². The maximum Gasteiger partial charge on any atom is 0.416 e. The van der Waals surface area contributed by atoms with Crippen LogP contribution < -0.4 is 10.7 Å². The van der Waals surface area contributed by atoms with E-state index in [0.29, 0.717) is 10.8 Å². The second-order valence-corrected chi connectivity index (χ2v) is 9.12. The fourth-order valence-electron chi connectivity index (χ4n) is 3.82. The van der Waals surface area contributed by atoms with Crippen LogP contribution in [0.4, 0.5) is 24.0 Å². The van der Waals surface area contributed by atoms with Crippen molar-refractivity contribution in [1.82, 2.24) is 15.0 Å². The van der Waals surface area contributed by atoms with Crippen LogP contribution in [0.2, 0.25) is 0 Å². The summed E-state index contributed by atoms with van der Waals surface area (Å²) in [5, 5.41) is 9.01. The molecule has 1 amide bonds. The zero-order valence-corrected chi connectivity index (χ0v) is 20.7. The van der Waals surface area contributed by atoms with Crippen molar-refractivity contribution in [2.75, 3.05) is 5.32 Å². The van der Waals surface area contributed by atoms with Gasteiger partial charge in [0.25, 0.3) is 0 Å². The molecule has 0 aliphatic carbocycles. The third-order valence-corrected chi connectivity index (χ3v) is 6.36. The summed E-state index contributed by atoms with van der Waals surface area (Å²) >= 11 is 1.20. The Hall–Kier alpha value is -3.92. The van der Waals surface area contributed by atoms with E-state index in [9.17, 15) is 18.0 Å². The number of hydrogen-bond donors (Lipinski definition) is 2. The maximum atomic E-state index is 12.9. The highest BCUT2D eigenvalue weighted by atomic mass is 32.1. The zero-order chi connectivity index (χ0) is 25.9. The first-order valence-corrected chi connectivity index (χ1v) is 12.0. The van der Waals surface area contributed by atoms with E-state index in [-0.39, 0.29) is 18.0 Å². The summed E-state index contributed by atoms with van der Waals surface area (Å²) in [6.45, 7) is 6.07. The lowest BCUT2D eigenvalue weighted by molar-refractivity contribution is -0.137. The van der Waals surface area contributed by atoms with Crippen LogP contribution >= 0.6 is 11.3 Å². The van der Waals surface area contributed by atoms with Crippen LogP contribution in [0, 0.1) is 20.8 Å². The van der Waals surface area contributed by atoms with Crippen molar-refractivity contribution in [2.24, 2.45) is 5.10 Å². The third kappa shape index (κ3) is 5.83. The molecule has 0 aliphatic heterocycles. The first-order valence-electron chi connectivity index (χ1n) is 11.1. The van der Waals surface area contributed by atoms with Gasteiger partial charge in [0, 0.05) is 33.7 Å². The standard InChI is InChI=1S/C26H24F3N5OS/c1-16-7-4-5-10-23(16)34-17(2)11-19(18(34)3)14-30-33-24(35)13-22-15-36-25(32-22)31-21-9-6-8-20(12-21)26(27,28)29/h4-12,14-15H,13H2,1-3H3,(H,31,32)(H,33,35)/b30-14-. The van der Waals surface area contributed by atoms with E-state index in [0.717, 1.165) is 40.3 Å². The molecule has 4 aromatic rings. The Balaban J connectivity index is 1.36. The number of anilines is 2. The molecule has 2 aromatic heterocycles. The summed E-state index contributed by atoms with van der Waals surface area (Å²) in [6.07, 6.45) is -2.83. The molecule has 0 spiro atoms. The molecule has 2 N–H and O–H groups in total. The van der Waals surface area contributed by atoms with Crippen LogP contribution in [-0.4, -0.2) is 21.7 Å². The molecule has 0 fully saturated rings. The number of aryl methyl sites for hydroxylation is 2. The number of halogens is 3. The minimum Gasteiger partial charge on any atom is -0.332 e. The molecule has 2 heterocycles. The molecule has 0 saturated heterocycles. The smallest absolute Gasteiger partial charge is 0.332 e.